The van der Waals surface area contributed by atoms with E-state index in [1.807, 2.05) is 6.07 Å². The fraction of sp³-hybridized carbons (Fsp3) is 0.455. The Morgan fingerprint density at radius 2 is 2.00 bits per heavy atom. The number of halogens is 3. The molecule has 15 heavy (non-hydrogen) atoms. The molecule has 4 heteroatoms. The van der Waals surface area contributed by atoms with Crippen LogP contribution in [0.3, 0.4) is 0 Å². The van der Waals surface area contributed by atoms with Gasteiger partial charge in [-0.3, -0.25) is 0 Å². The van der Waals surface area contributed by atoms with Gasteiger partial charge in [0.2, 0.25) is 0 Å². The van der Waals surface area contributed by atoms with E-state index in [1.165, 1.54) is 12.1 Å². The molecule has 0 heterocycles. The second-order valence-corrected chi connectivity index (χ2v) is 4.53. The summed E-state index contributed by atoms with van der Waals surface area (Å²) in [6.45, 7) is 4.16. The minimum absolute atomic E-state index is 0. The molecular weight excluding hydrogens is 280 g/mol. The third kappa shape index (κ3) is 4.09. The fourth-order valence-corrected chi connectivity index (χ4v) is 1.83. The van der Waals surface area contributed by atoms with Gasteiger partial charge >= 0.3 is 0 Å². The van der Waals surface area contributed by atoms with Crippen molar-refractivity contribution >= 4 is 28.3 Å². The topological polar surface area (TPSA) is 26.0 Å². The lowest BCUT2D eigenvalue weighted by Crippen LogP contribution is -2.18. The first-order valence-electron chi connectivity index (χ1n) is 4.76. The van der Waals surface area contributed by atoms with Crippen LogP contribution < -0.4 is 5.73 Å². The maximum atomic E-state index is 13.1. The van der Waals surface area contributed by atoms with Gasteiger partial charge in [0.1, 0.15) is 5.82 Å². The zero-order valence-corrected chi connectivity index (χ0v) is 11.2. The first kappa shape index (κ1) is 14.9. The minimum atomic E-state index is -0.242. The molecule has 2 N–H and O–H groups in total. The van der Waals surface area contributed by atoms with E-state index in [4.69, 9.17) is 5.73 Å². The van der Waals surface area contributed by atoms with Crippen molar-refractivity contribution in [1.29, 1.82) is 0 Å². The Labute approximate surface area is 105 Å². The van der Waals surface area contributed by atoms with E-state index < -0.39 is 0 Å². The van der Waals surface area contributed by atoms with Crippen molar-refractivity contribution in [2.45, 2.75) is 26.3 Å². The number of rotatable bonds is 3. The van der Waals surface area contributed by atoms with Gasteiger partial charge in [-0.1, -0.05) is 36.2 Å². The predicted molar refractivity (Wildman–Crippen MR) is 67.7 cm³/mol. The van der Waals surface area contributed by atoms with Gasteiger partial charge in [0.25, 0.3) is 0 Å². The molecule has 0 bridgehead atoms. The summed E-state index contributed by atoms with van der Waals surface area (Å²) in [6.07, 6.45) is 0.995. The maximum absolute atomic E-state index is 13.1. The average molecular weight is 297 g/mol. The summed E-state index contributed by atoms with van der Waals surface area (Å²) < 4.78 is 13.8. The third-order valence-corrected chi connectivity index (χ3v) is 2.98. The van der Waals surface area contributed by atoms with Gasteiger partial charge in [0, 0.05) is 10.5 Å². The summed E-state index contributed by atoms with van der Waals surface area (Å²) in [5.41, 5.74) is 6.85. The molecule has 0 fully saturated rings. The highest BCUT2D eigenvalue weighted by molar-refractivity contribution is 9.10. The second-order valence-electron chi connectivity index (χ2n) is 3.61. The van der Waals surface area contributed by atoms with Crippen LogP contribution in [-0.4, -0.2) is 0 Å². The molecule has 0 radical (unpaired) electrons. The zero-order chi connectivity index (χ0) is 10.7. The van der Waals surface area contributed by atoms with Gasteiger partial charge in [-0.25, -0.2) is 4.39 Å². The Bertz CT molecular complexity index is 299. The lowest BCUT2D eigenvalue weighted by Gasteiger charge is -2.18. The number of benzene rings is 1. The van der Waals surface area contributed by atoms with E-state index >= 15 is 0 Å². The average Bonchev–Trinajstić information content (AvgIpc) is 2.14. The van der Waals surface area contributed by atoms with Crippen molar-refractivity contribution in [3.8, 4) is 0 Å². The van der Waals surface area contributed by atoms with Crippen LogP contribution in [0, 0.1) is 11.7 Å². The van der Waals surface area contributed by atoms with Gasteiger partial charge in [-0.15, -0.1) is 12.4 Å². The standard InChI is InChI=1S/C11H15BrFN.ClH/c1-3-7(2)11(14)8-4-9(12)6-10(13)5-8;/h4-7,11H,3,14H2,1-2H3;1H/t7?,11-;/m0./s1. The first-order chi connectivity index (χ1) is 6.54. The van der Waals surface area contributed by atoms with Crippen molar-refractivity contribution in [3.63, 3.8) is 0 Å². The molecule has 0 spiro atoms. The predicted octanol–water partition coefficient (Wildman–Crippen LogP) is 4.06. The van der Waals surface area contributed by atoms with Gasteiger partial charge in [-0.05, 0) is 29.7 Å². The molecule has 1 aromatic rings. The molecule has 0 saturated heterocycles. The van der Waals surface area contributed by atoms with Crippen molar-refractivity contribution in [3.05, 3.63) is 34.1 Å². The van der Waals surface area contributed by atoms with Crippen LogP contribution in [0.4, 0.5) is 4.39 Å². The molecule has 1 nitrogen and oxygen atoms in total. The van der Waals surface area contributed by atoms with E-state index in [1.54, 1.807) is 0 Å². The Hall–Kier alpha value is -0.120. The normalized spacial score (nSPS) is 14.2. The number of hydrogen-bond donors (Lipinski definition) is 1. The number of hydrogen-bond acceptors (Lipinski definition) is 1. The van der Waals surface area contributed by atoms with E-state index in [-0.39, 0.29) is 24.3 Å². The summed E-state index contributed by atoms with van der Waals surface area (Å²) in [4.78, 5) is 0. The van der Waals surface area contributed by atoms with Crippen LogP contribution in [0.2, 0.25) is 0 Å². The molecule has 0 aromatic heterocycles. The minimum Gasteiger partial charge on any atom is -0.324 e. The fourth-order valence-electron chi connectivity index (χ4n) is 1.35. The Kier molecular flexibility index (Phi) is 6.41. The molecule has 0 aliphatic carbocycles. The van der Waals surface area contributed by atoms with Gasteiger partial charge in [-0.2, -0.15) is 0 Å². The summed E-state index contributed by atoms with van der Waals surface area (Å²) in [5, 5.41) is 0. The smallest absolute Gasteiger partial charge is 0.124 e. The largest absolute Gasteiger partial charge is 0.324 e. The Morgan fingerprint density at radius 1 is 1.40 bits per heavy atom. The zero-order valence-electron chi connectivity index (χ0n) is 8.84. The van der Waals surface area contributed by atoms with Gasteiger partial charge < -0.3 is 5.73 Å². The maximum Gasteiger partial charge on any atom is 0.124 e. The molecule has 1 unspecified atom stereocenters. The molecule has 1 rings (SSSR count). The second kappa shape index (κ2) is 6.46. The highest BCUT2D eigenvalue weighted by Crippen LogP contribution is 2.25. The van der Waals surface area contributed by atoms with Gasteiger partial charge in [0.05, 0.1) is 0 Å². The van der Waals surface area contributed by atoms with Crippen molar-refractivity contribution < 1.29 is 4.39 Å². The molecule has 86 valence electrons. The quantitative estimate of drug-likeness (QED) is 0.894. The lowest BCUT2D eigenvalue weighted by atomic mass is 9.93. The van der Waals surface area contributed by atoms with E-state index in [2.05, 4.69) is 29.8 Å². The summed E-state index contributed by atoms with van der Waals surface area (Å²) >= 11 is 3.26. The molecule has 0 aliphatic rings. The molecule has 1 aromatic carbocycles. The van der Waals surface area contributed by atoms with E-state index in [9.17, 15) is 4.39 Å². The molecule has 0 saturated carbocycles. The van der Waals surface area contributed by atoms with E-state index in [0.717, 1.165) is 16.5 Å². The molecule has 0 amide bonds. The SMILES string of the molecule is CCC(C)[C@H](N)c1cc(F)cc(Br)c1.Cl. The Balaban J connectivity index is 0.00000196. The lowest BCUT2D eigenvalue weighted by molar-refractivity contribution is 0.454. The van der Waals surface area contributed by atoms with E-state index in [0.29, 0.717) is 5.92 Å². The van der Waals surface area contributed by atoms with Crippen molar-refractivity contribution in [2.24, 2.45) is 11.7 Å². The van der Waals surface area contributed by atoms with Crippen LogP contribution in [0.1, 0.15) is 31.9 Å². The highest BCUT2D eigenvalue weighted by atomic mass is 79.9. The van der Waals surface area contributed by atoms with Crippen LogP contribution >= 0.6 is 28.3 Å². The summed E-state index contributed by atoms with van der Waals surface area (Å²) in [6, 6.07) is 4.72. The van der Waals surface area contributed by atoms with Crippen molar-refractivity contribution in [2.75, 3.05) is 0 Å². The Morgan fingerprint density at radius 3 is 2.47 bits per heavy atom. The molecule has 0 aliphatic heterocycles. The van der Waals surface area contributed by atoms with Crippen LogP contribution in [0.25, 0.3) is 0 Å². The summed E-state index contributed by atoms with van der Waals surface area (Å²) in [7, 11) is 0. The third-order valence-electron chi connectivity index (χ3n) is 2.53. The monoisotopic (exact) mass is 295 g/mol. The molecular formula is C11H16BrClFN. The first-order valence-corrected chi connectivity index (χ1v) is 5.55. The van der Waals surface area contributed by atoms with Gasteiger partial charge in [0.15, 0.2) is 0 Å². The summed E-state index contributed by atoms with van der Waals surface area (Å²) in [5.74, 6) is 0.122. The van der Waals surface area contributed by atoms with Crippen molar-refractivity contribution in [1.82, 2.24) is 0 Å². The van der Waals surface area contributed by atoms with Crippen LogP contribution in [0.15, 0.2) is 22.7 Å². The van der Waals surface area contributed by atoms with Crippen LogP contribution in [0.5, 0.6) is 0 Å². The number of nitrogens with two attached hydrogens (primary N) is 1. The molecule has 2 atom stereocenters. The highest BCUT2D eigenvalue weighted by Gasteiger charge is 2.14. The van der Waals surface area contributed by atoms with Crippen LogP contribution in [-0.2, 0) is 0 Å².